The highest BCUT2D eigenvalue weighted by atomic mass is 16.1. The third-order valence-corrected chi connectivity index (χ3v) is 5.21. The zero-order chi connectivity index (χ0) is 21.9. The molecule has 156 valence electrons. The van der Waals surface area contributed by atoms with Gasteiger partial charge in [-0.3, -0.25) is 9.36 Å². The van der Waals surface area contributed by atoms with E-state index in [0.717, 1.165) is 28.4 Å². The van der Waals surface area contributed by atoms with E-state index in [2.05, 4.69) is 10.6 Å². The summed E-state index contributed by atoms with van der Waals surface area (Å²) in [5.74, 6) is 0.656. The fourth-order valence-corrected chi connectivity index (χ4v) is 3.81. The van der Waals surface area contributed by atoms with Crippen molar-refractivity contribution in [2.24, 2.45) is 0 Å². The molecular weight excluding hydrogens is 396 g/mol. The van der Waals surface area contributed by atoms with Crippen molar-refractivity contribution in [2.75, 3.05) is 10.6 Å². The van der Waals surface area contributed by atoms with Gasteiger partial charge < -0.3 is 10.6 Å². The van der Waals surface area contributed by atoms with Crippen LogP contribution in [0.25, 0.3) is 16.7 Å². The molecule has 0 aliphatic heterocycles. The zero-order valence-electron chi connectivity index (χ0n) is 17.6. The van der Waals surface area contributed by atoms with E-state index in [0.29, 0.717) is 16.9 Å². The Morgan fingerprint density at radius 1 is 0.719 bits per heavy atom. The minimum atomic E-state index is -0.100. The lowest BCUT2D eigenvalue weighted by Gasteiger charge is -2.19. The van der Waals surface area contributed by atoms with Gasteiger partial charge in [-0.1, -0.05) is 54.6 Å². The number of hydrogen-bond acceptors (Lipinski definition) is 4. The van der Waals surface area contributed by atoms with Crippen LogP contribution >= 0.6 is 0 Å². The van der Waals surface area contributed by atoms with Crippen molar-refractivity contribution in [3.63, 3.8) is 0 Å². The molecule has 0 amide bonds. The number of nitrogens with zero attached hydrogens (tertiary/aromatic N) is 2. The zero-order valence-corrected chi connectivity index (χ0v) is 17.6. The van der Waals surface area contributed by atoms with Crippen molar-refractivity contribution in [3.05, 3.63) is 119 Å². The molecule has 3 aromatic carbocycles. The molecule has 2 aromatic heterocycles. The lowest BCUT2D eigenvalue weighted by atomic mass is 10.1. The first kappa shape index (κ1) is 19.6. The molecule has 0 saturated heterocycles. The Bertz CT molecular complexity index is 1430. The summed E-state index contributed by atoms with van der Waals surface area (Å²) < 4.78 is 1.99. The Labute approximate surface area is 186 Å². The maximum absolute atomic E-state index is 13.4. The van der Waals surface area contributed by atoms with Crippen LogP contribution in [0.15, 0.2) is 108 Å². The maximum atomic E-state index is 13.4. The Morgan fingerprint density at radius 2 is 1.28 bits per heavy atom. The van der Waals surface area contributed by atoms with Crippen LogP contribution in [0.4, 0.5) is 22.9 Å². The number of fused-ring (bicyclic) bond motifs is 1. The number of rotatable bonds is 5. The third kappa shape index (κ3) is 3.84. The summed E-state index contributed by atoms with van der Waals surface area (Å²) in [6, 6.07) is 33.1. The van der Waals surface area contributed by atoms with Gasteiger partial charge in [-0.15, -0.1) is 0 Å². The Morgan fingerprint density at radius 3 is 1.91 bits per heavy atom. The average Bonchev–Trinajstić information content (AvgIpc) is 2.81. The van der Waals surface area contributed by atoms with Crippen LogP contribution in [0, 0.1) is 6.92 Å². The Balaban J connectivity index is 1.78. The van der Waals surface area contributed by atoms with E-state index < -0.39 is 0 Å². The lowest BCUT2D eigenvalue weighted by Crippen LogP contribution is -2.15. The van der Waals surface area contributed by atoms with Crippen LogP contribution in [-0.4, -0.2) is 9.55 Å². The first-order chi connectivity index (χ1) is 15.7. The summed E-state index contributed by atoms with van der Waals surface area (Å²) in [7, 11) is 0. The van der Waals surface area contributed by atoms with Gasteiger partial charge in [0, 0.05) is 28.8 Å². The van der Waals surface area contributed by atoms with Gasteiger partial charge in [-0.25, -0.2) is 4.98 Å². The van der Waals surface area contributed by atoms with Gasteiger partial charge in [0.1, 0.15) is 5.82 Å². The number of hydrogen-bond donors (Lipinski definition) is 2. The number of pyridine rings is 2. The van der Waals surface area contributed by atoms with Gasteiger partial charge in [0.2, 0.25) is 0 Å². The molecule has 0 radical (unpaired) electrons. The smallest absolute Gasteiger partial charge is 0.195 e. The van der Waals surface area contributed by atoms with Gasteiger partial charge >= 0.3 is 0 Å². The highest BCUT2D eigenvalue weighted by Gasteiger charge is 2.16. The van der Waals surface area contributed by atoms with Crippen molar-refractivity contribution < 1.29 is 0 Å². The van der Waals surface area contributed by atoms with Gasteiger partial charge in [0.25, 0.3) is 0 Å². The van der Waals surface area contributed by atoms with Crippen LogP contribution in [0.2, 0.25) is 0 Å². The van der Waals surface area contributed by atoms with Crippen molar-refractivity contribution in [2.45, 2.75) is 6.92 Å². The molecule has 2 heterocycles. The molecule has 5 nitrogen and oxygen atoms in total. The molecule has 5 aromatic rings. The van der Waals surface area contributed by atoms with Crippen LogP contribution < -0.4 is 16.1 Å². The highest BCUT2D eigenvalue weighted by Crippen LogP contribution is 2.29. The van der Waals surface area contributed by atoms with Crippen LogP contribution in [0.1, 0.15) is 5.69 Å². The fraction of sp³-hybridized carbons (Fsp3) is 0.0370. The van der Waals surface area contributed by atoms with Crippen molar-refractivity contribution in [1.29, 1.82) is 0 Å². The SMILES string of the molecule is Cc1cc(Nc2ccccc2)c2c(=O)cc(Nc3ccccc3)n(-c3ccccc3)c2n1. The second kappa shape index (κ2) is 8.40. The lowest BCUT2D eigenvalue weighted by molar-refractivity contribution is 1.05. The molecule has 0 atom stereocenters. The quantitative estimate of drug-likeness (QED) is 0.358. The molecule has 0 aliphatic rings. The summed E-state index contributed by atoms with van der Waals surface area (Å²) in [6.07, 6.45) is 0. The van der Waals surface area contributed by atoms with Crippen molar-refractivity contribution in [1.82, 2.24) is 9.55 Å². The fourth-order valence-electron chi connectivity index (χ4n) is 3.81. The first-order valence-corrected chi connectivity index (χ1v) is 10.5. The Kier molecular flexibility index (Phi) is 5.14. The standard InChI is InChI=1S/C27H22N4O/c1-19-17-23(29-20-11-5-2-6-12-20)26-24(32)18-25(30-21-13-7-3-8-14-21)31(27(26)28-19)22-15-9-4-10-16-22/h2-18,30H,1H3,(H,28,29). The molecule has 0 fully saturated rings. The molecule has 0 aliphatic carbocycles. The number of para-hydroxylation sites is 3. The van der Waals surface area contributed by atoms with Crippen LogP contribution in [0.3, 0.4) is 0 Å². The normalized spacial score (nSPS) is 10.8. The number of anilines is 4. The summed E-state index contributed by atoms with van der Waals surface area (Å²) in [4.78, 5) is 18.2. The van der Waals surface area contributed by atoms with E-state index >= 15 is 0 Å². The molecule has 0 bridgehead atoms. The molecular formula is C27H22N4O. The van der Waals surface area contributed by atoms with Gasteiger partial charge in [-0.2, -0.15) is 0 Å². The molecule has 0 unspecified atom stereocenters. The summed E-state index contributed by atoms with van der Waals surface area (Å²) in [6.45, 7) is 1.94. The predicted octanol–water partition coefficient (Wildman–Crippen LogP) is 6.18. The minimum absolute atomic E-state index is 0.100. The van der Waals surface area contributed by atoms with Crippen molar-refractivity contribution >= 4 is 33.9 Å². The molecule has 5 rings (SSSR count). The minimum Gasteiger partial charge on any atom is -0.355 e. The average molecular weight is 419 g/mol. The van der Waals surface area contributed by atoms with Gasteiger partial charge in [-0.05, 0) is 49.4 Å². The van der Waals surface area contributed by atoms with Gasteiger partial charge in [0.05, 0.1) is 11.1 Å². The Hall–Kier alpha value is -4.38. The second-order valence-electron chi connectivity index (χ2n) is 7.56. The number of aryl methyl sites for hydroxylation is 1. The van der Waals surface area contributed by atoms with Crippen LogP contribution in [0.5, 0.6) is 0 Å². The van der Waals surface area contributed by atoms with E-state index in [1.54, 1.807) is 6.07 Å². The van der Waals surface area contributed by atoms with E-state index in [9.17, 15) is 4.79 Å². The first-order valence-electron chi connectivity index (χ1n) is 10.5. The van der Waals surface area contributed by atoms with Crippen molar-refractivity contribution in [3.8, 4) is 5.69 Å². The molecule has 2 N–H and O–H groups in total. The topological polar surface area (TPSA) is 59.0 Å². The van der Waals surface area contributed by atoms with E-state index in [4.69, 9.17) is 4.98 Å². The number of benzene rings is 3. The highest BCUT2D eigenvalue weighted by molar-refractivity contribution is 5.93. The monoisotopic (exact) mass is 418 g/mol. The second-order valence-corrected chi connectivity index (χ2v) is 7.56. The van der Waals surface area contributed by atoms with E-state index in [1.807, 2.05) is 109 Å². The van der Waals surface area contributed by atoms with Gasteiger partial charge in [0.15, 0.2) is 11.1 Å². The molecule has 5 heteroatoms. The largest absolute Gasteiger partial charge is 0.355 e. The third-order valence-electron chi connectivity index (χ3n) is 5.21. The summed E-state index contributed by atoms with van der Waals surface area (Å²) in [5.41, 5.74) is 4.77. The maximum Gasteiger partial charge on any atom is 0.195 e. The van der Waals surface area contributed by atoms with E-state index in [1.165, 1.54) is 0 Å². The summed E-state index contributed by atoms with van der Waals surface area (Å²) >= 11 is 0. The molecule has 0 saturated carbocycles. The van der Waals surface area contributed by atoms with Crippen LogP contribution in [-0.2, 0) is 0 Å². The number of aromatic nitrogens is 2. The van der Waals surface area contributed by atoms with E-state index in [-0.39, 0.29) is 5.43 Å². The molecule has 32 heavy (non-hydrogen) atoms. The number of nitrogens with one attached hydrogen (secondary N) is 2. The molecule has 0 spiro atoms. The predicted molar refractivity (Wildman–Crippen MR) is 132 cm³/mol. The summed E-state index contributed by atoms with van der Waals surface area (Å²) in [5, 5.41) is 7.34.